The van der Waals surface area contributed by atoms with Crippen molar-refractivity contribution in [3.05, 3.63) is 35.4 Å². The summed E-state index contributed by atoms with van der Waals surface area (Å²) < 4.78 is 0. The zero-order valence-corrected chi connectivity index (χ0v) is 11.5. The third-order valence-electron chi connectivity index (χ3n) is 3.44. The Labute approximate surface area is 113 Å². The summed E-state index contributed by atoms with van der Waals surface area (Å²) >= 11 is 4.94. The zero-order valence-electron chi connectivity index (χ0n) is 10.7. The van der Waals surface area contributed by atoms with E-state index in [-0.39, 0.29) is 5.91 Å². The van der Waals surface area contributed by atoms with Crippen LogP contribution in [0.1, 0.15) is 36.2 Å². The van der Waals surface area contributed by atoms with Crippen LogP contribution >= 0.6 is 12.2 Å². The Morgan fingerprint density at radius 3 is 2.61 bits per heavy atom. The summed E-state index contributed by atoms with van der Waals surface area (Å²) in [6, 6.07) is 7.56. The SMILES string of the molecule is CC1CC(C)N(C(=O)c2cccc(C(N)=S)c2)C1. The van der Waals surface area contributed by atoms with Gasteiger partial charge in [-0.05, 0) is 31.4 Å². The molecule has 1 amide bonds. The Balaban J connectivity index is 2.23. The van der Waals surface area contributed by atoms with Crippen LogP contribution in [0, 0.1) is 5.92 Å². The van der Waals surface area contributed by atoms with Gasteiger partial charge >= 0.3 is 0 Å². The number of amides is 1. The van der Waals surface area contributed by atoms with Gasteiger partial charge in [0.2, 0.25) is 0 Å². The van der Waals surface area contributed by atoms with E-state index in [1.54, 1.807) is 6.07 Å². The average Bonchev–Trinajstić information content (AvgIpc) is 2.67. The number of benzene rings is 1. The molecule has 3 nitrogen and oxygen atoms in total. The second kappa shape index (κ2) is 5.06. The third-order valence-corrected chi connectivity index (χ3v) is 3.67. The molecule has 96 valence electrons. The van der Waals surface area contributed by atoms with Crippen molar-refractivity contribution in [3.8, 4) is 0 Å². The van der Waals surface area contributed by atoms with Crippen molar-refractivity contribution in [1.82, 2.24) is 4.90 Å². The smallest absolute Gasteiger partial charge is 0.254 e. The highest BCUT2D eigenvalue weighted by atomic mass is 32.1. The highest BCUT2D eigenvalue weighted by Crippen LogP contribution is 2.24. The van der Waals surface area contributed by atoms with E-state index in [0.717, 1.165) is 18.5 Å². The lowest BCUT2D eigenvalue weighted by Gasteiger charge is -2.21. The molecule has 0 aromatic heterocycles. The zero-order chi connectivity index (χ0) is 13.3. The maximum atomic E-state index is 12.4. The van der Waals surface area contributed by atoms with Gasteiger partial charge < -0.3 is 10.6 Å². The van der Waals surface area contributed by atoms with Gasteiger partial charge in [0.15, 0.2) is 0 Å². The molecular weight excluding hydrogens is 244 g/mol. The molecule has 0 radical (unpaired) electrons. The molecule has 2 N–H and O–H groups in total. The maximum absolute atomic E-state index is 12.4. The molecule has 0 aliphatic carbocycles. The fraction of sp³-hybridized carbons (Fsp3) is 0.429. The molecule has 2 atom stereocenters. The van der Waals surface area contributed by atoms with Crippen molar-refractivity contribution in [2.24, 2.45) is 11.7 Å². The largest absolute Gasteiger partial charge is 0.389 e. The number of nitrogens with zero attached hydrogens (tertiary/aromatic N) is 1. The van der Waals surface area contributed by atoms with E-state index in [1.165, 1.54) is 0 Å². The average molecular weight is 262 g/mol. The fourth-order valence-corrected chi connectivity index (χ4v) is 2.68. The fourth-order valence-electron chi connectivity index (χ4n) is 2.55. The van der Waals surface area contributed by atoms with Crippen molar-refractivity contribution < 1.29 is 4.79 Å². The summed E-state index contributed by atoms with van der Waals surface area (Å²) in [5.41, 5.74) is 7.01. The summed E-state index contributed by atoms with van der Waals surface area (Å²) in [6.45, 7) is 5.10. The Hall–Kier alpha value is -1.42. The van der Waals surface area contributed by atoms with Crippen molar-refractivity contribution in [2.75, 3.05) is 6.54 Å². The quantitative estimate of drug-likeness (QED) is 0.831. The Bertz CT molecular complexity index is 486. The van der Waals surface area contributed by atoms with Gasteiger partial charge in [0.25, 0.3) is 5.91 Å². The van der Waals surface area contributed by atoms with Crippen molar-refractivity contribution in [2.45, 2.75) is 26.3 Å². The number of hydrogen-bond donors (Lipinski definition) is 1. The minimum absolute atomic E-state index is 0.0740. The first kappa shape index (κ1) is 13.0. The predicted octanol–water partition coefficient (Wildman–Crippen LogP) is 2.19. The molecule has 1 heterocycles. The van der Waals surface area contributed by atoms with Crippen LogP contribution in [0.2, 0.25) is 0 Å². The first-order valence-electron chi connectivity index (χ1n) is 6.20. The van der Waals surface area contributed by atoms with Crippen LogP contribution in [0.15, 0.2) is 24.3 Å². The first-order chi connectivity index (χ1) is 8.49. The van der Waals surface area contributed by atoms with E-state index < -0.39 is 0 Å². The highest BCUT2D eigenvalue weighted by Gasteiger charge is 2.30. The molecule has 0 saturated carbocycles. The predicted molar refractivity (Wildman–Crippen MR) is 76.6 cm³/mol. The highest BCUT2D eigenvalue weighted by molar-refractivity contribution is 7.80. The molecule has 2 unspecified atom stereocenters. The first-order valence-corrected chi connectivity index (χ1v) is 6.60. The number of nitrogens with two attached hydrogens (primary N) is 1. The molecular formula is C14H18N2OS. The molecule has 18 heavy (non-hydrogen) atoms. The van der Waals surface area contributed by atoms with Crippen LogP contribution < -0.4 is 5.73 Å². The van der Waals surface area contributed by atoms with Crippen molar-refractivity contribution in [3.63, 3.8) is 0 Å². The van der Waals surface area contributed by atoms with Crippen LogP contribution in [-0.4, -0.2) is 28.4 Å². The lowest BCUT2D eigenvalue weighted by molar-refractivity contribution is 0.0744. The summed E-state index contributed by atoms with van der Waals surface area (Å²) in [4.78, 5) is 14.7. The summed E-state index contributed by atoms with van der Waals surface area (Å²) in [6.07, 6.45) is 1.07. The van der Waals surface area contributed by atoms with Gasteiger partial charge in [-0.3, -0.25) is 4.79 Å². The van der Waals surface area contributed by atoms with E-state index in [2.05, 4.69) is 13.8 Å². The third kappa shape index (κ3) is 2.53. The summed E-state index contributed by atoms with van der Waals surface area (Å²) in [7, 11) is 0. The lowest BCUT2D eigenvalue weighted by Crippen LogP contribution is -2.34. The van der Waals surface area contributed by atoms with Crippen LogP contribution in [0.5, 0.6) is 0 Å². The van der Waals surface area contributed by atoms with Crippen LogP contribution in [0.25, 0.3) is 0 Å². The van der Waals surface area contributed by atoms with Gasteiger partial charge in [-0.15, -0.1) is 0 Å². The second-order valence-electron chi connectivity index (χ2n) is 5.09. The topological polar surface area (TPSA) is 46.3 Å². The van der Waals surface area contributed by atoms with Crippen molar-refractivity contribution >= 4 is 23.1 Å². The molecule has 2 rings (SSSR count). The second-order valence-corrected chi connectivity index (χ2v) is 5.53. The number of thiocarbonyl (C=S) groups is 1. The van der Waals surface area contributed by atoms with Gasteiger partial charge in [0.05, 0.1) is 0 Å². The number of rotatable bonds is 2. The Kier molecular flexibility index (Phi) is 3.66. The standard InChI is InChI=1S/C14H18N2OS/c1-9-6-10(2)16(8-9)14(17)12-5-3-4-11(7-12)13(15)18/h3-5,7,9-10H,6,8H2,1-2H3,(H2,15,18). The number of carbonyl (C=O) groups is 1. The molecule has 0 spiro atoms. The van der Waals surface area contributed by atoms with Gasteiger partial charge in [-0.2, -0.15) is 0 Å². The molecule has 1 saturated heterocycles. The number of carbonyl (C=O) groups excluding carboxylic acids is 1. The molecule has 1 aromatic rings. The molecule has 4 heteroatoms. The van der Waals surface area contributed by atoms with E-state index in [9.17, 15) is 4.79 Å². The van der Waals surface area contributed by atoms with Gasteiger partial charge in [0.1, 0.15) is 4.99 Å². The Morgan fingerprint density at radius 1 is 1.39 bits per heavy atom. The molecule has 1 aliphatic rings. The van der Waals surface area contributed by atoms with Crippen LogP contribution in [0.3, 0.4) is 0 Å². The minimum atomic E-state index is 0.0740. The van der Waals surface area contributed by atoms with E-state index in [1.807, 2.05) is 23.1 Å². The van der Waals surface area contributed by atoms with Crippen molar-refractivity contribution in [1.29, 1.82) is 0 Å². The summed E-state index contributed by atoms with van der Waals surface area (Å²) in [5.74, 6) is 0.646. The maximum Gasteiger partial charge on any atom is 0.254 e. The van der Waals surface area contributed by atoms with Crippen LogP contribution in [-0.2, 0) is 0 Å². The number of hydrogen-bond acceptors (Lipinski definition) is 2. The normalized spacial score (nSPS) is 23.1. The minimum Gasteiger partial charge on any atom is -0.389 e. The van der Waals surface area contributed by atoms with Crippen LogP contribution in [0.4, 0.5) is 0 Å². The van der Waals surface area contributed by atoms with Gasteiger partial charge in [-0.1, -0.05) is 31.3 Å². The monoisotopic (exact) mass is 262 g/mol. The van der Waals surface area contributed by atoms with Gasteiger partial charge in [-0.25, -0.2) is 0 Å². The molecule has 1 aromatic carbocycles. The molecule has 1 fully saturated rings. The van der Waals surface area contributed by atoms with Gasteiger partial charge in [0, 0.05) is 23.7 Å². The van der Waals surface area contributed by atoms with E-state index in [0.29, 0.717) is 22.5 Å². The summed E-state index contributed by atoms with van der Waals surface area (Å²) in [5, 5.41) is 0. The number of likely N-dealkylation sites (tertiary alicyclic amines) is 1. The molecule has 0 bridgehead atoms. The van der Waals surface area contributed by atoms with E-state index >= 15 is 0 Å². The Morgan fingerprint density at radius 2 is 2.06 bits per heavy atom. The lowest BCUT2D eigenvalue weighted by atomic mass is 10.1. The molecule has 1 aliphatic heterocycles. The van der Waals surface area contributed by atoms with E-state index in [4.69, 9.17) is 18.0 Å².